The van der Waals surface area contributed by atoms with Crippen LogP contribution < -0.4 is 0 Å². The van der Waals surface area contributed by atoms with Crippen molar-refractivity contribution in [2.45, 2.75) is 180 Å². The molecule has 0 fully saturated rings. The molecule has 0 radical (unpaired) electrons. The third-order valence-electron chi connectivity index (χ3n) is 9.28. The van der Waals surface area contributed by atoms with E-state index in [1.807, 2.05) is 21.1 Å². The Hall–Kier alpha value is -2.29. The molecule has 0 saturated carbocycles. The molecule has 1 N–H and O–H groups in total. The van der Waals surface area contributed by atoms with Crippen LogP contribution in [0.5, 0.6) is 0 Å². The van der Waals surface area contributed by atoms with Crippen LogP contribution in [0.15, 0.2) is 60.8 Å². The molecule has 330 valence electrons. The number of hydrogen-bond donors (Lipinski definition) is 1. The molecule has 0 amide bonds. The molecule has 0 aromatic carbocycles. The lowest BCUT2D eigenvalue weighted by Crippen LogP contribution is -2.37. The van der Waals surface area contributed by atoms with Crippen LogP contribution >= 0.6 is 7.82 Å². The van der Waals surface area contributed by atoms with Crippen molar-refractivity contribution < 1.29 is 42.1 Å². The van der Waals surface area contributed by atoms with Gasteiger partial charge in [-0.15, -0.1) is 0 Å². The van der Waals surface area contributed by atoms with E-state index in [4.69, 9.17) is 18.5 Å². The summed E-state index contributed by atoms with van der Waals surface area (Å²) in [5.41, 5.74) is 0. The molecule has 10 heteroatoms. The highest BCUT2D eigenvalue weighted by Gasteiger charge is 2.27. The summed E-state index contributed by atoms with van der Waals surface area (Å²) in [6, 6.07) is 0. The third kappa shape index (κ3) is 43.1. The van der Waals surface area contributed by atoms with Crippen molar-refractivity contribution in [3.05, 3.63) is 60.8 Å². The maximum atomic E-state index is 12.7. The molecule has 0 bridgehead atoms. The van der Waals surface area contributed by atoms with Crippen LogP contribution in [0.25, 0.3) is 0 Å². The van der Waals surface area contributed by atoms with Gasteiger partial charge in [0.05, 0.1) is 27.7 Å². The van der Waals surface area contributed by atoms with E-state index in [-0.39, 0.29) is 32.0 Å². The molecule has 0 aromatic rings. The van der Waals surface area contributed by atoms with Gasteiger partial charge in [0.1, 0.15) is 19.8 Å². The van der Waals surface area contributed by atoms with E-state index in [1.165, 1.54) is 51.4 Å². The van der Waals surface area contributed by atoms with E-state index < -0.39 is 26.5 Å². The van der Waals surface area contributed by atoms with Crippen molar-refractivity contribution in [2.75, 3.05) is 47.5 Å². The predicted molar refractivity (Wildman–Crippen MR) is 238 cm³/mol. The van der Waals surface area contributed by atoms with Gasteiger partial charge < -0.3 is 18.9 Å². The number of ether oxygens (including phenoxy) is 2. The van der Waals surface area contributed by atoms with E-state index in [2.05, 4.69) is 74.6 Å². The van der Waals surface area contributed by atoms with Gasteiger partial charge in [0.15, 0.2) is 6.10 Å². The van der Waals surface area contributed by atoms with Crippen molar-refractivity contribution in [2.24, 2.45) is 0 Å². The molecule has 0 aliphatic carbocycles. The number of hydrogen-bond acceptors (Lipinski definition) is 7. The van der Waals surface area contributed by atoms with Crippen LogP contribution in [0.2, 0.25) is 0 Å². The fourth-order valence-electron chi connectivity index (χ4n) is 5.76. The Bertz CT molecular complexity index is 1160. The van der Waals surface area contributed by atoms with E-state index in [0.29, 0.717) is 17.4 Å². The summed E-state index contributed by atoms with van der Waals surface area (Å²) in [5.74, 6) is -0.829. The van der Waals surface area contributed by atoms with Gasteiger partial charge in [0, 0.05) is 12.8 Å². The van der Waals surface area contributed by atoms with Gasteiger partial charge in [-0.1, -0.05) is 145 Å². The molecule has 2 unspecified atom stereocenters. The van der Waals surface area contributed by atoms with Crippen molar-refractivity contribution in [1.29, 1.82) is 0 Å². The second-order valence-corrected chi connectivity index (χ2v) is 17.5. The normalized spacial score (nSPS) is 14.1. The van der Waals surface area contributed by atoms with Crippen molar-refractivity contribution in [3.63, 3.8) is 0 Å². The molecule has 0 spiro atoms. The number of esters is 2. The van der Waals surface area contributed by atoms with Crippen LogP contribution in [0.3, 0.4) is 0 Å². The Labute approximate surface area is 349 Å². The summed E-state index contributed by atoms with van der Waals surface area (Å²) in [4.78, 5) is 35.4. The zero-order chi connectivity index (χ0) is 42.1. The first-order valence-electron chi connectivity index (χ1n) is 22.5. The number of phosphoric ester groups is 1. The largest absolute Gasteiger partial charge is 0.472 e. The number of quaternary nitrogens is 1. The highest BCUT2D eigenvalue weighted by molar-refractivity contribution is 7.47. The van der Waals surface area contributed by atoms with E-state index >= 15 is 0 Å². The second-order valence-electron chi connectivity index (χ2n) is 16.0. The minimum atomic E-state index is -4.38. The number of rotatable bonds is 40. The zero-order valence-corrected chi connectivity index (χ0v) is 38.0. The maximum absolute atomic E-state index is 12.7. The Morgan fingerprint density at radius 2 is 1.00 bits per heavy atom. The first kappa shape index (κ1) is 54.7. The van der Waals surface area contributed by atoms with Crippen LogP contribution in [-0.4, -0.2) is 74.9 Å². The molecule has 2 atom stereocenters. The average molecular weight is 823 g/mol. The van der Waals surface area contributed by atoms with Crippen LogP contribution in [0, 0.1) is 0 Å². The predicted octanol–water partition coefficient (Wildman–Crippen LogP) is 12.9. The van der Waals surface area contributed by atoms with Gasteiger partial charge in [-0.25, -0.2) is 4.57 Å². The standard InChI is InChI=1S/C47H84NO8P/c1-6-8-10-12-14-16-18-20-22-24-26-28-30-32-34-36-38-40-47(50)56-45(44-55-57(51,52)54-42-41-48(3,4)5)43-53-46(49)39-37-35-33-31-29-27-25-23-21-19-17-15-13-11-9-7-2/h8,10,14,16-17,19-20,22-23,25,45H,6-7,9,11-13,15,18,21,24,26-44H2,1-5H3/p+1/b10-8-,16-14-,19-17-,22-20-,25-23-. The van der Waals surface area contributed by atoms with Gasteiger partial charge in [-0.05, 0) is 77.0 Å². The number of carbonyl (C=O) groups is 2. The highest BCUT2D eigenvalue weighted by Crippen LogP contribution is 2.43. The summed E-state index contributed by atoms with van der Waals surface area (Å²) in [5, 5.41) is 0. The maximum Gasteiger partial charge on any atom is 0.472 e. The lowest BCUT2D eigenvalue weighted by molar-refractivity contribution is -0.870. The number of likely N-dealkylation sites (N-methyl/N-ethyl adjacent to an activating group) is 1. The smallest absolute Gasteiger partial charge is 0.462 e. The SMILES string of the molecule is CC/C=C\C/C=C\C/C=C\CCCCCCCCCC(=O)OC(COC(=O)CCCCCCC/C=C\C/C=C\CCCCCC)COP(=O)(O)OCC[N+](C)(C)C. The molecular weight excluding hydrogens is 737 g/mol. The van der Waals surface area contributed by atoms with Gasteiger partial charge >= 0.3 is 19.8 Å². The number of unbranched alkanes of at least 4 members (excludes halogenated alkanes) is 16. The third-order valence-corrected chi connectivity index (χ3v) is 10.3. The summed E-state index contributed by atoms with van der Waals surface area (Å²) in [7, 11) is 1.45. The number of phosphoric acid groups is 1. The van der Waals surface area contributed by atoms with Crippen LogP contribution in [0.4, 0.5) is 0 Å². The van der Waals surface area contributed by atoms with E-state index in [1.54, 1.807) is 0 Å². The molecule has 9 nitrogen and oxygen atoms in total. The summed E-state index contributed by atoms with van der Waals surface area (Å²) in [6.45, 7) is 4.26. The highest BCUT2D eigenvalue weighted by atomic mass is 31.2. The fourth-order valence-corrected chi connectivity index (χ4v) is 6.50. The van der Waals surface area contributed by atoms with Crippen molar-refractivity contribution >= 4 is 19.8 Å². The molecule has 57 heavy (non-hydrogen) atoms. The van der Waals surface area contributed by atoms with Crippen molar-refractivity contribution in [1.82, 2.24) is 0 Å². The van der Waals surface area contributed by atoms with E-state index in [9.17, 15) is 19.0 Å². The van der Waals surface area contributed by atoms with Gasteiger partial charge in [0.2, 0.25) is 0 Å². The lowest BCUT2D eigenvalue weighted by atomic mass is 10.1. The van der Waals surface area contributed by atoms with Crippen LogP contribution in [0.1, 0.15) is 174 Å². The first-order chi connectivity index (χ1) is 27.5. The quantitative estimate of drug-likeness (QED) is 0.0214. The summed E-state index contributed by atoms with van der Waals surface area (Å²) >= 11 is 0. The molecule has 0 aliphatic rings. The Kier molecular flexibility index (Phi) is 37.6. The summed E-state index contributed by atoms with van der Waals surface area (Å²) in [6.07, 6.45) is 46.9. The fraction of sp³-hybridized carbons (Fsp3) is 0.745. The second kappa shape index (κ2) is 39.2. The molecule has 0 rings (SSSR count). The number of nitrogens with zero attached hydrogens (tertiary/aromatic N) is 1. The summed E-state index contributed by atoms with van der Waals surface area (Å²) < 4.78 is 34.3. The Morgan fingerprint density at radius 3 is 1.49 bits per heavy atom. The topological polar surface area (TPSA) is 108 Å². The Morgan fingerprint density at radius 1 is 0.561 bits per heavy atom. The van der Waals surface area contributed by atoms with Crippen molar-refractivity contribution in [3.8, 4) is 0 Å². The molecule has 0 saturated heterocycles. The number of carbonyl (C=O) groups excluding carboxylic acids is 2. The molecule has 0 aromatic heterocycles. The average Bonchev–Trinajstić information content (AvgIpc) is 3.16. The first-order valence-corrected chi connectivity index (χ1v) is 24.0. The molecular formula is C47H85NO8P+. The molecule has 0 heterocycles. The van der Waals surface area contributed by atoms with Gasteiger partial charge in [0.25, 0.3) is 0 Å². The van der Waals surface area contributed by atoms with Crippen LogP contribution in [-0.2, 0) is 32.7 Å². The van der Waals surface area contributed by atoms with Gasteiger partial charge in [-0.3, -0.25) is 18.6 Å². The zero-order valence-electron chi connectivity index (χ0n) is 37.1. The Balaban J connectivity index is 4.39. The monoisotopic (exact) mass is 823 g/mol. The van der Waals surface area contributed by atoms with E-state index in [0.717, 1.165) is 89.9 Å². The van der Waals surface area contributed by atoms with Gasteiger partial charge in [-0.2, -0.15) is 0 Å². The minimum Gasteiger partial charge on any atom is -0.462 e. The lowest BCUT2D eigenvalue weighted by Gasteiger charge is -2.24. The molecule has 0 aliphatic heterocycles. The number of allylic oxidation sites excluding steroid dienone is 10. The minimum absolute atomic E-state index is 0.0246.